The molecular weight excluding hydrogens is 378 g/mol. The summed E-state index contributed by atoms with van der Waals surface area (Å²) in [6.07, 6.45) is 6.24. The van der Waals surface area contributed by atoms with E-state index in [0.29, 0.717) is 29.1 Å². The number of benzene rings is 1. The van der Waals surface area contributed by atoms with E-state index in [2.05, 4.69) is 47.3 Å². The molecule has 0 saturated carbocycles. The lowest BCUT2D eigenvalue weighted by atomic mass is 10.1. The van der Waals surface area contributed by atoms with Crippen molar-refractivity contribution >= 4 is 16.9 Å². The van der Waals surface area contributed by atoms with Gasteiger partial charge in [-0.1, -0.05) is 5.92 Å². The largest absolute Gasteiger partial charge is 0.381 e. The number of aromatic nitrogens is 6. The minimum absolute atomic E-state index is 0.494. The number of nitrogens with one attached hydrogen (secondary N) is 2. The van der Waals surface area contributed by atoms with Gasteiger partial charge in [-0.3, -0.25) is 5.10 Å². The third-order valence-corrected chi connectivity index (χ3v) is 4.89. The predicted molar refractivity (Wildman–Crippen MR) is 113 cm³/mol. The maximum atomic E-state index is 5.41. The Kier molecular flexibility index (Phi) is 5.02. The fourth-order valence-corrected chi connectivity index (χ4v) is 3.26. The molecule has 2 N–H and O–H groups in total. The lowest BCUT2D eigenvalue weighted by Gasteiger charge is -2.09. The molecule has 3 aromatic heterocycles. The van der Waals surface area contributed by atoms with Crippen LogP contribution >= 0.6 is 0 Å². The smallest absolute Gasteiger partial charge is 0.223 e. The highest BCUT2D eigenvalue weighted by Gasteiger charge is 2.15. The van der Waals surface area contributed by atoms with Gasteiger partial charge in [0.2, 0.25) is 5.95 Å². The minimum Gasteiger partial charge on any atom is -0.381 e. The molecule has 1 aliphatic rings. The SMILES string of the molecule is C(#Cc1ccnc(-c2ccnc(NC[C@H]3CCOC3)n2)n1)c1ccc2[nH]ncc2c1. The normalized spacial score (nSPS) is 15.7. The van der Waals surface area contributed by atoms with E-state index in [4.69, 9.17) is 4.74 Å². The Bertz CT molecular complexity index is 1230. The van der Waals surface area contributed by atoms with Gasteiger partial charge in [0.25, 0.3) is 0 Å². The van der Waals surface area contributed by atoms with Gasteiger partial charge in [0.15, 0.2) is 5.82 Å². The molecule has 1 aliphatic heterocycles. The van der Waals surface area contributed by atoms with E-state index in [1.54, 1.807) is 30.7 Å². The third-order valence-electron chi connectivity index (χ3n) is 4.89. The highest BCUT2D eigenvalue weighted by molar-refractivity contribution is 5.79. The average Bonchev–Trinajstić information content (AvgIpc) is 3.48. The monoisotopic (exact) mass is 397 g/mol. The maximum Gasteiger partial charge on any atom is 0.223 e. The van der Waals surface area contributed by atoms with Crippen LogP contribution in [0.3, 0.4) is 0 Å². The van der Waals surface area contributed by atoms with Crippen molar-refractivity contribution in [2.75, 3.05) is 25.1 Å². The molecule has 8 nitrogen and oxygen atoms in total. The standard InChI is InChI=1S/C22H19N7O/c1(15-2-4-19-17(11-15)13-26-29-19)3-18-5-8-23-21(27-18)20-6-9-24-22(28-20)25-12-16-7-10-30-14-16/h2,4-6,8-9,11,13,16H,7,10,12,14H2,(H,26,29)(H,24,25,28)/t16-/m1/s1. The molecule has 5 rings (SSSR count). The molecule has 1 atom stereocenters. The summed E-state index contributed by atoms with van der Waals surface area (Å²) in [5.74, 6) is 7.82. The Morgan fingerprint density at radius 2 is 2.07 bits per heavy atom. The third kappa shape index (κ3) is 4.11. The minimum atomic E-state index is 0.494. The number of fused-ring (bicyclic) bond motifs is 1. The fraction of sp³-hybridized carbons (Fsp3) is 0.227. The van der Waals surface area contributed by atoms with E-state index in [1.165, 1.54) is 0 Å². The van der Waals surface area contributed by atoms with Crippen molar-refractivity contribution in [1.29, 1.82) is 0 Å². The van der Waals surface area contributed by atoms with E-state index in [9.17, 15) is 0 Å². The first-order chi connectivity index (χ1) is 14.8. The number of anilines is 1. The van der Waals surface area contributed by atoms with Crippen molar-refractivity contribution in [3.8, 4) is 23.4 Å². The molecule has 0 amide bonds. The molecule has 30 heavy (non-hydrogen) atoms. The number of hydrogen-bond donors (Lipinski definition) is 2. The summed E-state index contributed by atoms with van der Waals surface area (Å²) >= 11 is 0. The van der Waals surface area contributed by atoms with Crippen LogP contribution < -0.4 is 5.32 Å². The first-order valence-electron chi connectivity index (χ1n) is 9.77. The van der Waals surface area contributed by atoms with Gasteiger partial charge in [0.05, 0.1) is 18.3 Å². The Morgan fingerprint density at radius 3 is 3.00 bits per heavy atom. The number of ether oxygens (including phenoxy) is 1. The van der Waals surface area contributed by atoms with Crippen molar-refractivity contribution < 1.29 is 4.74 Å². The summed E-state index contributed by atoms with van der Waals surface area (Å²) in [5.41, 5.74) is 3.16. The molecule has 8 heteroatoms. The van der Waals surface area contributed by atoms with Crippen LogP contribution in [0.15, 0.2) is 48.9 Å². The second kappa shape index (κ2) is 8.27. The molecule has 1 fully saturated rings. The summed E-state index contributed by atoms with van der Waals surface area (Å²) in [6, 6.07) is 9.49. The first kappa shape index (κ1) is 18.2. The second-order valence-corrected chi connectivity index (χ2v) is 7.06. The van der Waals surface area contributed by atoms with Crippen LogP contribution in [0.5, 0.6) is 0 Å². The van der Waals surface area contributed by atoms with Crippen LogP contribution in [-0.2, 0) is 4.74 Å². The van der Waals surface area contributed by atoms with Crippen molar-refractivity contribution in [3.63, 3.8) is 0 Å². The molecule has 1 aromatic carbocycles. The van der Waals surface area contributed by atoms with Gasteiger partial charge in [-0.05, 0) is 42.7 Å². The Labute approximate surface area is 173 Å². The molecule has 1 saturated heterocycles. The summed E-state index contributed by atoms with van der Waals surface area (Å²) in [7, 11) is 0. The van der Waals surface area contributed by atoms with E-state index < -0.39 is 0 Å². The molecule has 4 heterocycles. The topological polar surface area (TPSA) is 102 Å². The molecule has 148 valence electrons. The van der Waals surface area contributed by atoms with Gasteiger partial charge in [0.1, 0.15) is 11.4 Å². The van der Waals surface area contributed by atoms with E-state index in [0.717, 1.165) is 42.6 Å². The van der Waals surface area contributed by atoms with Gasteiger partial charge in [-0.2, -0.15) is 5.10 Å². The summed E-state index contributed by atoms with van der Waals surface area (Å²) < 4.78 is 5.41. The fourth-order valence-electron chi connectivity index (χ4n) is 3.26. The second-order valence-electron chi connectivity index (χ2n) is 7.06. The summed E-state index contributed by atoms with van der Waals surface area (Å²) in [6.45, 7) is 2.39. The zero-order valence-corrected chi connectivity index (χ0v) is 16.2. The highest BCUT2D eigenvalue weighted by Crippen LogP contribution is 2.16. The number of aromatic amines is 1. The molecular formula is C22H19N7O. The lowest BCUT2D eigenvalue weighted by molar-refractivity contribution is 0.187. The average molecular weight is 397 g/mol. The zero-order valence-electron chi connectivity index (χ0n) is 16.2. The number of rotatable bonds is 4. The van der Waals surface area contributed by atoms with Crippen molar-refractivity contribution in [2.24, 2.45) is 5.92 Å². The van der Waals surface area contributed by atoms with Crippen LogP contribution in [0.25, 0.3) is 22.4 Å². The zero-order chi connectivity index (χ0) is 20.2. The molecule has 0 unspecified atom stereocenters. The number of nitrogens with zero attached hydrogens (tertiary/aromatic N) is 5. The Morgan fingerprint density at radius 1 is 1.10 bits per heavy atom. The van der Waals surface area contributed by atoms with Gasteiger partial charge in [0, 0.05) is 42.4 Å². The maximum absolute atomic E-state index is 5.41. The van der Waals surface area contributed by atoms with Gasteiger partial charge in [-0.25, -0.2) is 19.9 Å². The van der Waals surface area contributed by atoms with Gasteiger partial charge in [-0.15, -0.1) is 0 Å². The van der Waals surface area contributed by atoms with E-state index >= 15 is 0 Å². The number of H-pyrrole nitrogens is 1. The summed E-state index contributed by atoms with van der Waals surface area (Å²) in [5, 5.41) is 11.3. The lowest BCUT2D eigenvalue weighted by Crippen LogP contribution is -2.15. The van der Waals surface area contributed by atoms with Crippen LogP contribution in [0, 0.1) is 17.8 Å². The van der Waals surface area contributed by atoms with E-state index in [1.807, 2.05) is 18.2 Å². The first-order valence-corrected chi connectivity index (χ1v) is 9.77. The highest BCUT2D eigenvalue weighted by atomic mass is 16.5. The van der Waals surface area contributed by atoms with E-state index in [-0.39, 0.29) is 0 Å². The van der Waals surface area contributed by atoms with Crippen LogP contribution in [0.2, 0.25) is 0 Å². The van der Waals surface area contributed by atoms with Crippen molar-refractivity contribution in [1.82, 2.24) is 30.1 Å². The van der Waals surface area contributed by atoms with Gasteiger partial charge >= 0.3 is 0 Å². The Balaban J connectivity index is 1.34. The predicted octanol–water partition coefficient (Wildman–Crippen LogP) is 2.66. The molecule has 0 aliphatic carbocycles. The molecule has 0 bridgehead atoms. The van der Waals surface area contributed by atoms with Crippen LogP contribution in [-0.4, -0.2) is 49.9 Å². The van der Waals surface area contributed by atoms with Crippen LogP contribution in [0.4, 0.5) is 5.95 Å². The molecule has 0 radical (unpaired) electrons. The quantitative estimate of drug-likeness (QED) is 0.511. The van der Waals surface area contributed by atoms with Crippen molar-refractivity contribution in [3.05, 3.63) is 60.2 Å². The molecule has 4 aromatic rings. The van der Waals surface area contributed by atoms with Gasteiger partial charge < -0.3 is 10.1 Å². The molecule has 0 spiro atoms. The Hall–Kier alpha value is -3.83. The van der Waals surface area contributed by atoms with Crippen LogP contribution in [0.1, 0.15) is 17.7 Å². The van der Waals surface area contributed by atoms with Crippen molar-refractivity contribution in [2.45, 2.75) is 6.42 Å². The number of hydrogen-bond acceptors (Lipinski definition) is 7. The summed E-state index contributed by atoms with van der Waals surface area (Å²) in [4.78, 5) is 17.7.